The van der Waals surface area contributed by atoms with Crippen LogP contribution in [0.25, 0.3) is 11.3 Å². The molecule has 8 heteroatoms. The minimum Gasteiger partial charge on any atom is -0.389 e. The van der Waals surface area contributed by atoms with Gasteiger partial charge in [0.2, 0.25) is 5.88 Å². The molecule has 1 atom stereocenters. The monoisotopic (exact) mass is 481 g/mol. The summed E-state index contributed by atoms with van der Waals surface area (Å²) in [7, 11) is 0. The van der Waals surface area contributed by atoms with Crippen molar-refractivity contribution in [2.75, 3.05) is 44.4 Å². The van der Waals surface area contributed by atoms with Gasteiger partial charge in [-0.2, -0.15) is 0 Å². The summed E-state index contributed by atoms with van der Waals surface area (Å²) in [6, 6.07) is 16.9. The highest BCUT2D eigenvalue weighted by Gasteiger charge is 2.34. The van der Waals surface area contributed by atoms with Crippen molar-refractivity contribution in [1.29, 1.82) is 0 Å². The lowest BCUT2D eigenvalue weighted by Gasteiger charge is -2.29. The molecule has 0 amide bonds. The smallest absolute Gasteiger partial charge is 0.232 e. The highest BCUT2D eigenvalue weighted by Crippen LogP contribution is 2.37. The van der Waals surface area contributed by atoms with Crippen molar-refractivity contribution in [3.63, 3.8) is 0 Å². The third-order valence-electron chi connectivity index (χ3n) is 6.49. The third kappa shape index (κ3) is 6.08. The Hall–Kier alpha value is -2.78. The number of aliphatic hydroxyl groups is 1. The van der Waals surface area contributed by atoms with Gasteiger partial charge in [-0.25, -0.2) is 4.39 Å². The summed E-state index contributed by atoms with van der Waals surface area (Å²) in [6.07, 6.45) is 1.51. The number of aromatic nitrogens is 1. The molecule has 1 saturated carbocycles. The van der Waals surface area contributed by atoms with Gasteiger partial charge in [0, 0.05) is 37.8 Å². The number of benzene rings is 2. The van der Waals surface area contributed by atoms with Crippen LogP contribution in [0.2, 0.25) is 0 Å². The summed E-state index contributed by atoms with van der Waals surface area (Å²) in [4.78, 5) is 4.36. The van der Waals surface area contributed by atoms with Gasteiger partial charge in [0.15, 0.2) is 0 Å². The van der Waals surface area contributed by atoms with Crippen LogP contribution in [0.15, 0.2) is 59.1 Å². The molecule has 1 aromatic heterocycles. The summed E-state index contributed by atoms with van der Waals surface area (Å²) >= 11 is 0. The number of rotatable bonds is 11. The van der Waals surface area contributed by atoms with E-state index in [1.807, 2.05) is 30.3 Å². The van der Waals surface area contributed by atoms with Crippen LogP contribution in [-0.2, 0) is 22.6 Å². The van der Waals surface area contributed by atoms with Gasteiger partial charge < -0.3 is 24.0 Å². The van der Waals surface area contributed by atoms with E-state index in [-0.39, 0.29) is 12.4 Å². The molecule has 1 saturated heterocycles. The van der Waals surface area contributed by atoms with E-state index in [9.17, 15) is 9.50 Å². The molecule has 35 heavy (non-hydrogen) atoms. The Morgan fingerprint density at radius 1 is 1.09 bits per heavy atom. The highest BCUT2D eigenvalue weighted by atomic mass is 19.1. The van der Waals surface area contributed by atoms with Gasteiger partial charge >= 0.3 is 0 Å². The first kappa shape index (κ1) is 23.9. The average Bonchev–Trinajstić information content (AvgIpc) is 3.66. The van der Waals surface area contributed by atoms with E-state index in [4.69, 9.17) is 14.0 Å². The lowest BCUT2D eigenvalue weighted by molar-refractivity contribution is 0.00706. The van der Waals surface area contributed by atoms with Crippen LogP contribution in [0.4, 0.5) is 10.3 Å². The minimum atomic E-state index is -0.636. The van der Waals surface area contributed by atoms with E-state index in [2.05, 4.69) is 15.0 Å². The molecular weight excluding hydrogens is 449 g/mol. The summed E-state index contributed by atoms with van der Waals surface area (Å²) in [5.41, 5.74) is 2.87. The number of hydrogen-bond donors (Lipinski definition) is 1. The van der Waals surface area contributed by atoms with Gasteiger partial charge in [0.1, 0.15) is 11.5 Å². The summed E-state index contributed by atoms with van der Waals surface area (Å²) in [5.74, 6) is 0.329. The molecule has 2 heterocycles. The van der Waals surface area contributed by atoms with E-state index in [1.165, 1.54) is 6.07 Å². The highest BCUT2D eigenvalue weighted by molar-refractivity contribution is 5.69. The number of anilines is 1. The molecule has 0 bridgehead atoms. The van der Waals surface area contributed by atoms with E-state index >= 15 is 0 Å². The maximum absolute atomic E-state index is 14.7. The average molecular weight is 482 g/mol. The number of aliphatic hydroxyl groups excluding tert-OH is 1. The lowest BCUT2D eigenvalue weighted by Crippen LogP contribution is -2.38. The lowest BCUT2D eigenvalue weighted by atomic mass is 10.1. The molecule has 1 N–H and O–H groups in total. The van der Waals surface area contributed by atoms with Crippen molar-refractivity contribution >= 4 is 5.88 Å². The first-order chi connectivity index (χ1) is 17.2. The van der Waals surface area contributed by atoms with Crippen LogP contribution in [0.3, 0.4) is 0 Å². The van der Waals surface area contributed by atoms with Crippen LogP contribution in [-0.4, -0.2) is 66.8 Å². The minimum absolute atomic E-state index is 0.248. The molecule has 1 aliphatic heterocycles. The molecule has 0 unspecified atom stereocenters. The molecule has 5 rings (SSSR count). The zero-order valence-electron chi connectivity index (χ0n) is 19.8. The molecule has 2 fully saturated rings. The third-order valence-corrected chi connectivity index (χ3v) is 6.49. The summed E-state index contributed by atoms with van der Waals surface area (Å²) in [6.45, 7) is 4.29. The fraction of sp³-hybridized carbons (Fsp3) is 0.444. The number of hydrogen-bond acceptors (Lipinski definition) is 7. The van der Waals surface area contributed by atoms with Gasteiger partial charge in [-0.05, 0) is 30.5 Å². The van der Waals surface area contributed by atoms with E-state index in [1.54, 1.807) is 18.2 Å². The first-order valence-electron chi connectivity index (χ1n) is 12.3. The van der Waals surface area contributed by atoms with Crippen molar-refractivity contribution in [3.8, 4) is 11.3 Å². The van der Waals surface area contributed by atoms with E-state index < -0.39 is 6.10 Å². The second kappa shape index (κ2) is 11.3. The standard InChI is InChI=1S/C27H32FN3O4/c28-25-9-5-4-8-23(25)26-24(27(35-29-26)30-12-14-33-15-13-30)17-31(21-10-11-21)16-22(32)19-34-18-20-6-2-1-3-7-20/h1-9,21-22,32H,10-19H2/t22-/m0/s1. The molecule has 0 spiro atoms. The Morgan fingerprint density at radius 2 is 1.83 bits per heavy atom. The summed E-state index contributed by atoms with van der Waals surface area (Å²) in [5, 5.41) is 15.1. The maximum Gasteiger partial charge on any atom is 0.232 e. The van der Waals surface area contributed by atoms with Crippen molar-refractivity contribution < 1.29 is 23.5 Å². The zero-order chi connectivity index (χ0) is 24.0. The Morgan fingerprint density at radius 3 is 2.57 bits per heavy atom. The second-order valence-corrected chi connectivity index (χ2v) is 9.21. The van der Waals surface area contributed by atoms with Gasteiger partial charge in [-0.15, -0.1) is 0 Å². The fourth-order valence-corrected chi connectivity index (χ4v) is 4.52. The molecule has 3 aromatic rings. The molecule has 7 nitrogen and oxygen atoms in total. The van der Waals surface area contributed by atoms with E-state index in [0.717, 1.165) is 24.0 Å². The van der Waals surface area contributed by atoms with Gasteiger partial charge in [-0.1, -0.05) is 47.6 Å². The Balaban J connectivity index is 1.32. The quantitative estimate of drug-likeness (QED) is 0.446. The number of nitrogens with zero attached hydrogens (tertiary/aromatic N) is 3. The van der Waals surface area contributed by atoms with Gasteiger partial charge in [-0.3, -0.25) is 4.90 Å². The molecule has 2 aliphatic rings. The molecular formula is C27H32FN3O4. The predicted octanol–water partition coefficient (Wildman–Crippen LogP) is 3.86. The van der Waals surface area contributed by atoms with Crippen LogP contribution in [0.5, 0.6) is 0 Å². The topological polar surface area (TPSA) is 71.2 Å². The van der Waals surface area contributed by atoms with Gasteiger partial charge in [0.25, 0.3) is 0 Å². The molecule has 1 aliphatic carbocycles. The van der Waals surface area contributed by atoms with Crippen LogP contribution in [0.1, 0.15) is 24.0 Å². The zero-order valence-corrected chi connectivity index (χ0v) is 19.8. The van der Waals surface area contributed by atoms with Crippen molar-refractivity contribution in [1.82, 2.24) is 10.1 Å². The van der Waals surface area contributed by atoms with Crippen molar-refractivity contribution in [2.24, 2.45) is 0 Å². The Labute approximate surface area is 205 Å². The van der Waals surface area contributed by atoms with Crippen LogP contribution < -0.4 is 4.90 Å². The van der Waals surface area contributed by atoms with Gasteiger partial charge in [0.05, 0.1) is 38.1 Å². The molecule has 186 valence electrons. The number of halogens is 1. The molecule has 2 aromatic carbocycles. The Kier molecular flexibility index (Phi) is 7.73. The predicted molar refractivity (Wildman–Crippen MR) is 130 cm³/mol. The first-order valence-corrected chi connectivity index (χ1v) is 12.3. The van der Waals surface area contributed by atoms with Crippen LogP contribution in [0, 0.1) is 5.82 Å². The SMILES string of the molecule is O[C@H](COCc1ccccc1)CN(Cc1c(-c2ccccc2F)noc1N1CCOCC1)C1CC1. The molecule has 0 radical (unpaired) electrons. The van der Waals surface area contributed by atoms with Crippen molar-refractivity contribution in [2.45, 2.75) is 38.1 Å². The number of ether oxygens (including phenoxy) is 2. The number of morpholine rings is 1. The maximum atomic E-state index is 14.7. The normalized spacial score (nSPS) is 17.2. The fourth-order valence-electron chi connectivity index (χ4n) is 4.52. The van der Waals surface area contributed by atoms with Crippen LogP contribution >= 0.6 is 0 Å². The second-order valence-electron chi connectivity index (χ2n) is 9.21. The Bertz CT molecular complexity index is 1080. The van der Waals surface area contributed by atoms with Crippen molar-refractivity contribution in [3.05, 3.63) is 71.5 Å². The van der Waals surface area contributed by atoms with E-state index in [0.29, 0.717) is 69.2 Å². The largest absolute Gasteiger partial charge is 0.389 e. The summed E-state index contributed by atoms with van der Waals surface area (Å²) < 4.78 is 31.8.